The number of rotatable bonds is 5. The van der Waals surface area contributed by atoms with E-state index in [2.05, 4.69) is 0 Å². The van der Waals surface area contributed by atoms with Crippen molar-refractivity contribution in [2.24, 2.45) is 0 Å². The van der Waals surface area contributed by atoms with Gasteiger partial charge < -0.3 is 4.74 Å². The molecule has 0 aliphatic heterocycles. The number of nitriles is 1. The van der Waals surface area contributed by atoms with Crippen molar-refractivity contribution in [3.05, 3.63) is 69.3 Å². The molecule has 5 nitrogen and oxygen atoms in total. The molecule has 2 aromatic carbocycles. The molecule has 0 bridgehead atoms. The van der Waals surface area contributed by atoms with Gasteiger partial charge in [-0.25, -0.2) is 0 Å². The lowest BCUT2D eigenvalue weighted by molar-refractivity contribution is -0.386. The highest BCUT2D eigenvalue weighted by atomic mass is 16.6. The van der Waals surface area contributed by atoms with Crippen LogP contribution in [0.3, 0.4) is 0 Å². The fraction of sp³-hybridized carbons (Fsp3) is 0.188. The topological polar surface area (TPSA) is 76.2 Å². The third kappa shape index (κ3) is 3.80. The van der Waals surface area contributed by atoms with Gasteiger partial charge in [-0.15, -0.1) is 0 Å². The summed E-state index contributed by atoms with van der Waals surface area (Å²) >= 11 is 0. The first-order chi connectivity index (χ1) is 10.1. The molecule has 0 saturated carbocycles. The largest absolute Gasteiger partial charge is 0.482 e. The summed E-state index contributed by atoms with van der Waals surface area (Å²) in [4.78, 5) is 10.6. The minimum atomic E-state index is -0.494. The van der Waals surface area contributed by atoms with Crippen molar-refractivity contribution < 1.29 is 9.66 Å². The number of hydrogen-bond acceptors (Lipinski definition) is 4. The fourth-order valence-corrected chi connectivity index (χ4v) is 1.99. The van der Waals surface area contributed by atoms with Gasteiger partial charge in [0.05, 0.1) is 17.4 Å². The van der Waals surface area contributed by atoms with Crippen LogP contribution in [0.5, 0.6) is 5.75 Å². The number of aryl methyl sites for hydroxylation is 1. The Morgan fingerprint density at radius 2 is 2.05 bits per heavy atom. The number of nitro benzene ring substituents is 1. The Bertz CT molecular complexity index is 705. The lowest BCUT2D eigenvalue weighted by Crippen LogP contribution is -2.00. The zero-order valence-electron chi connectivity index (χ0n) is 11.6. The van der Waals surface area contributed by atoms with Gasteiger partial charge in [-0.1, -0.05) is 35.9 Å². The van der Waals surface area contributed by atoms with Gasteiger partial charge in [0.25, 0.3) is 0 Å². The molecule has 2 aromatic rings. The summed E-state index contributed by atoms with van der Waals surface area (Å²) in [5, 5.41) is 19.7. The van der Waals surface area contributed by atoms with Crippen LogP contribution in [0.1, 0.15) is 16.7 Å². The molecule has 0 aromatic heterocycles. The van der Waals surface area contributed by atoms with Crippen molar-refractivity contribution in [2.75, 3.05) is 0 Å². The van der Waals surface area contributed by atoms with Crippen LogP contribution < -0.4 is 4.74 Å². The van der Waals surface area contributed by atoms with Gasteiger partial charge in [-0.2, -0.15) is 5.26 Å². The molecule has 5 heteroatoms. The summed E-state index contributed by atoms with van der Waals surface area (Å²) in [6, 6.07) is 14.3. The molecule has 0 fully saturated rings. The fourth-order valence-electron chi connectivity index (χ4n) is 1.99. The van der Waals surface area contributed by atoms with Crippen LogP contribution in [-0.2, 0) is 13.0 Å². The molecule has 0 aliphatic carbocycles. The van der Waals surface area contributed by atoms with Gasteiger partial charge >= 0.3 is 5.69 Å². The number of nitrogens with zero attached hydrogens (tertiary/aromatic N) is 2. The summed E-state index contributed by atoms with van der Waals surface area (Å²) in [5.74, 6) is 0.211. The van der Waals surface area contributed by atoms with E-state index < -0.39 is 4.92 Å². The Kier molecular flexibility index (Phi) is 4.52. The van der Waals surface area contributed by atoms with E-state index >= 15 is 0 Å². The number of ether oxygens (including phenoxy) is 1. The molecular weight excluding hydrogens is 268 g/mol. The molecular formula is C16H14N2O3. The SMILES string of the molecule is Cc1cccc(COc2ccc(CC#N)cc2[N+](=O)[O-])c1. The highest BCUT2D eigenvalue weighted by molar-refractivity contribution is 5.49. The van der Waals surface area contributed by atoms with E-state index in [1.165, 1.54) is 6.07 Å². The van der Waals surface area contributed by atoms with Crippen molar-refractivity contribution >= 4 is 5.69 Å². The third-order valence-electron chi connectivity index (χ3n) is 2.98. The summed E-state index contributed by atoms with van der Waals surface area (Å²) in [7, 11) is 0. The summed E-state index contributed by atoms with van der Waals surface area (Å²) in [5.41, 5.74) is 2.54. The molecule has 0 unspecified atom stereocenters. The van der Waals surface area contributed by atoms with Gasteiger partial charge in [-0.3, -0.25) is 10.1 Å². The number of hydrogen-bond donors (Lipinski definition) is 0. The van der Waals surface area contributed by atoms with Gasteiger partial charge in [-0.05, 0) is 24.1 Å². The Labute approximate surface area is 122 Å². The lowest BCUT2D eigenvalue weighted by atomic mass is 10.1. The summed E-state index contributed by atoms with van der Waals surface area (Å²) < 4.78 is 5.55. The standard InChI is InChI=1S/C16H14N2O3/c1-12-3-2-4-14(9-12)11-21-16-6-5-13(7-8-17)10-15(16)18(19)20/h2-6,9-10H,7,11H2,1H3. The molecule has 0 heterocycles. The number of benzene rings is 2. The minimum absolute atomic E-state index is 0.115. The van der Waals surface area contributed by atoms with Gasteiger partial charge in [0.15, 0.2) is 5.75 Å². The molecule has 21 heavy (non-hydrogen) atoms. The quantitative estimate of drug-likeness (QED) is 0.620. The first-order valence-corrected chi connectivity index (χ1v) is 6.43. The van der Waals surface area contributed by atoms with Crippen molar-refractivity contribution in [3.63, 3.8) is 0 Å². The van der Waals surface area contributed by atoms with Gasteiger partial charge in [0.1, 0.15) is 6.61 Å². The second-order valence-electron chi connectivity index (χ2n) is 4.67. The van der Waals surface area contributed by atoms with E-state index in [0.29, 0.717) is 5.56 Å². The molecule has 0 amide bonds. The first-order valence-electron chi connectivity index (χ1n) is 6.43. The second-order valence-corrected chi connectivity index (χ2v) is 4.67. The molecule has 2 rings (SSSR count). The van der Waals surface area contributed by atoms with E-state index in [4.69, 9.17) is 10.00 Å². The van der Waals surface area contributed by atoms with Crippen LogP contribution in [-0.4, -0.2) is 4.92 Å². The average Bonchev–Trinajstić information content (AvgIpc) is 2.46. The Morgan fingerprint density at radius 1 is 1.24 bits per heavy atom. The zero-order valence-corrected chi connectivity index (χ0v) is 11.6. The molecule has 0 radical (unpaired) electrons. The first kappa shape index (κ1) is 14.5. The van der Waals surface area contributed by atoms with Gasteiger partial charge in [0, 0.05) is 6.07 Å². The zero-order chi connectivity index (χ0) is 15.2. The summed E-state index contributed by atoms with van der Waals surface area (Å²) in [6.45, 7) is 2.24. The molecule has 0 N–H and O–H groups in total. The molecule has 0 atom stereocenters. The van der Waals surface area contributed by atoms with E-state index in [1.807, 2.05) is 37.3 Å². The van der Waals surface area contributed by atoms with Crippen LogP contribution in [0.15, 0.2) is 42.5 Å². The van der Waals surface area contributed by atoms with Crippen LogP contribution >= 0.6 is 0 Å². The van der Waals surface area contributed by atoms with Crippen LogP contribution in [0, 0.1) is 28.4 Å². The highest BCUT2D eigenvalue weighted by Gasteiger charge is 2.16. The Balaban J connectivity index is 2.19. The van der Waals surface area contributed by atoms with E-state index in [-0.39, 0.29) is 24.5 Å². The molecule has 106 valence electrons. The van der Waals surface area contributed by atoms with Crippen molar-refractivity contribution in [1.82, 2.24) is 0 Å². The minimum Gasteiger partial charge on any atom is -0.482 e. The van der Waals surface area contributed by atoms with E-state index in [0.717, 1.165) is 11.1 Å². The van der Waals surface area contributed by atoms with Crippen LogP contribution in [0.4, 0.5) is 5.69 Å². The lowest BCUT2D eigenvalue weighted by Gasteiger charge is -2.08. The van der Waals surface area contributed by atoms with Gasteiger partial charge in [0.2, 0.25) is 0 Å². The molecule has 0 saturated heterocycles. The van der Waals surface area contributed by atoms with Crippen LogP contribution in [0.2, 0.25) is 0 Å². The van der Waals surface area contributed by atoms with E-state index in [9.17, 15) is 10.1 Å². The Hall–Kier alpha value is -2.87. The average molecular weight is 282 g/mol. The predicted molar refractivity (Wildman–Crippen MR) is 77.9 cm³/mol. The smallest absolute Gasteiger partial charge is 0.311 e. The Morgan fingerprint density at radius 3 is 2.71 bits per heavy atom. The van der Waals surface area contributed by atoms with Crippen molar-refractivity contribution in [2.45, 2.75) is 20.0 Å². The van der Waals surface area contributed by atoms with Crippen LogP contribution in [0.25, 0.3) is 0 Å². The maximum Gasteiger partial charge on any atom is 0.311 e. The highest BCUT2D eigenvalue weighted by Crippen LogP contribution is 2.29. The normalized spacial score (nSPS) is 9.90. The van der Waals surface area contributed by atoms with Crippen molar-refractivity contribution in [1.29, 1.82) is 5.26 Å². The maximum absolute atomic E-state index is 11.1. The monoisotopic (exact) mass is 282 g/mol. The van der Waals surface area contributed by atoms with E-state index in [1.54, 1.807) is 12.1 Å². The third-order valence-corrected chi connectivity index (χ3v) is 2.98. The number of nitro groups is 1. The summed E-state index contributed by atoms with van der Waals surface area (Å²) in [6.07, 6.45) is 0.138. The second kappa shape index (κ2) is 6.53. The molecule has 0 aliphatic rings. The molecule has 0 spiro atoms. The predicted octanol–water partition coefficient (Wildman–Crippen LogP) is 3.55. The van der Waals surface area contributed by atoms with Crippen molar-refractivity contribution in [3.8, 4) is 11.8 Å². The maximum atomic E-state index is 11.1.